The second kappa shape index (κ2) is 5.42. The summed E-state index contributed by atoms with van der Waals surface area (Å²) in [5.74, 6) is 1.20. The van der Waals surface area contributed by atoms with Gasteiger partial charge in [0.2, 0.25) is 0 Å². The second-order valence-corrected chi connectivity index (χ2v) is 4.87. The Bertz CT molecular complexity index is 316. The van der Waals surface area contributed by atoms with Crippen molar-refractivity contribution in [3.63, 3.8) is 0 Å². The summed E-state index contributed by atoms with van der Waals surface area (Å²) < 4.78 is 0. The van der Waals surface area contributed by atoms with Gasteiger partial charge in [-0.3, -0.25) is 0 Å². The van der Waals surface area contributed by atoms with Gasteiger partial charge in [0, 0.05) is 24.6 Å². The molecule has 1 N–H and O–H groups in total. The van der Waals surface area contributed by atoms with E-state index in [1.54, 1.807) is 0 Å². The first-order valence-corrected chi connectivity index (χ1v) is 6.48. The number of aliphatic hydroxyl groups excluding tert-OH is 1. The SMILES string of the molecule is OCCCN1CCCSc2ccccc21. The zero-order valence-electron chi connectivity index (χ0n) is 8.85. The fourth-order valence-corrected chi connectivity index (χ4v) is 2.91. The Labute approximate surface area is 95.3 Å². The van der Waals surface area contributed by atoms with Crippen LogP contribution in [0.2, 0.25) is 0 Å². The lowest BCUT2D eigenvalue weighted by Crippen LogP contribution is -2.26. The van der Waals surface area contributed by atoms with Crippen molar-refractivity contribution in [2.75, 3.05) is 30.3 Å². The minimum Gasteiger partial charge on any atom is -0.396 e. The molecule has 1 aliphatic rings. The van der Waals surface area contributed by atoms with Crippen LogP contribution in [0.25, 0.3) is 0 Å². The number of thioether (sulfide) groups is 1. The maximum Gasteiger partial charge on any atom is 0.0504 e. The van der Waals surface area contributed by atoms with E-state index in [1.165, 1.54) is 22.8 Å². The van der Waals surface area contributed by atoms with Crippen molar-refractivity contribution in [2.45, 2.75) is 17.7 Å². The molecular formula is C12H17NOS. The lowest BCUT2D eigenvalue weighted by atomic mass is 10.2. The summed E-state index contributed by atoms with van der Waals surface area (Å²) >= 11 is 1.94. The third-order valence-electron chi connectivity index (χ3n) is 2.62. The Balaban J connectivity index is 2.17. The van der Waals surface area contributed by atoms with Gasteiger partial charge in [-0.1, -0.05) is 12.1 Å². The predicted molar refractivity (Wildman–Crippen MR) is 65.7 cm³/mol. The molecule has 0 aromatic heterocycles. The number of para-hydroxylation sites is 1. The molecule has 1 aliphatic heterocycles. The smallest absolute Gasteiger partial charge is 0.0504 e. The Hall–Kier alpha value is -0.670. The first-order valence-electron chi connectivity index (χ1n) is 5.49. The van der Waals surface area contributed by atoms with Gasteiger partial charge in [-0.05, 0) is 30.7 Å². The molecule has 0 saturated heterocycles. The van der Waals surface area contributed by atoms with E-state index in [4.69, 9.17) is 5.11 Å². The number of aliphatic hydroxyl groups is 1. The van der Waals surface area contributed by atoms with Crippen LogP contribution >= 0.6 is 11.8 Å². The number of anilines is 1. The third kappa shape index (κ3) is 2.67. The Kier molecular flexibility index (Phi) is 3.92. The maximum absolute atomic E-state index is 8.88. The summed E-state index contributed by atoms with van der Waals surface area (Å²) in [6, 6.07) is 8.57. The molecule has 0 saturated carbocycles. The van der Waals surface area contributed by atoms with Gasteiger partial charge in [-0.25, -0.2) is 0 Å². The van der Waals surface area contributed by atoms with Crippen molar-refractivity contribution in [2.24, 2.45) is 0 Å². The van der Waals surface area contributed by atoms with Crippen LogP contribution in [0.5, 0.6) is 0 Å². The minimum atomic E-state index is 0.284. The molecule has 1 aromatic carbocycles. The monoisotopic (exact) mass is 223 g/mol. The van der Waals surface area contributed by atoms with Gasteiger partial charge < -0.3 is 10.0 Å². The highest BCUT2D eigenvalue weighted by Gasteiger charge is 2.14. The number of hydrogen-bond donors (Lipinski definition) is 1. The summed E-state index contributed by atoms with van der Waals surface area (Å²) in [5, 5.41) is 8.88. The van der Waals surface area contributed by atoms with Crippen LogP contribution in [-0.4, -0.2) is 30.6 Å². The Morgan fingerprint density at radius 1 is 1.33 bits per heavy atom. The molecule has 3 heteroatoms. The van der Waals surface area contributed by atoms with Crippen LogP contribution in [0.15, 0.2) is 29.2 Å². The molecule has 0 bridgehead atoms. The highest BCUT2D eigenvalue weighted by Crippen LogP contribution is 2.33. The largest absolute Gasteiger partial charge is 0.396 e. The van der Waals surface area contributed by atoms with E-state index in [-0.39, 0.29) is 6.61 Å². The number of benzene rings is 1. The number of nitrogens with zero attached hydrogens (tertiary/aromatic N) is 1. The molecule has 0 spiro atoms. The lowest BCUT2D eigenvalue weighted by molar-refractivity contribution is 0.289. The zero-order chi connectivity index (χ0) is 10.5. The molecule has 0 aliphatic carbocycles. The van der Waals surface area contributed by atoms with Crippen molar-refractivity contribution in [3.05, 3.63) is 24.3 Å². The van der Waals surface area contributed by atoms with Gasteiger partial charge in [0.25, 0.3) is 0 Å². The van der Waals surface area contributed by atoms with E-state index in [0.717, 1.165) is 19.5 Å². The molecule has 0 radical (unpaired) electrons. The van der Waals surface area contributed by atoms with Gasteiger partial charge in [0.05, 0.1) is 5.69 Å². The molecule has 15 heavy (non-hydrogen) atoms. The fourth-order valence-electron chi connectivity index (χ4n) is 1.89. The van der Waals surface area contributed by atoms with Crippen molar-refractivity contribution < 1.29 is 5.11 Å². The number of rotatable bonds is 3. The van der Waals surface area contributed by atoms with Gasteiger partial charge in [0.1, 0.15) is 0 Å². The molecule has 2 rings (SSSR count). The quantitative estimate of drug-likeness (QED) is 0.851. The molecule has 82 valence electrons. The molecule has 1 heterocycles. The van der Waals surface area contributed by atoms with Crippen molar-refractivity contribution in [1.29, 1.82) is 0 Å². The standard InChI is InChI=1S/C12H17NOS/c14-9-3-7-13-8-4-10-15-12-6-2-1-5-11(12)13/h1-2,5-6,14H,3-4,7-10H2. The molecule has 0 amide bonds. The number of fused-ring (bicyclic) bond motifs is 1. The minimum absolute atomic E-state index is 0.284. The summed E-state index contributed by atoms with van der Waals surface area (Å²) in [4.78, 5) is 3.78. The topological polar surface area (TPSA) is 23.5 Å². The second-order valence-electron chi connectivity index (χ2n) is 3.73. The predicted octanol–water partition coefficient (Wildman–Crippen LogP) is 2.37. The molecule has 0 unspecified atom stereocenters. The summed E-state index contributed by atoms with van der Waals surface area (Å²) in [6.07, 6.45) is 2.09. The molecule has 0 fully saturated rings. The first-order chi connectivity index (χ1) is 7.42. The van der Waals surface area contributed by atoms with Crippen molar-refractivity contribution in [1.82, 2.24) is 0 Å². The van der Waals surface area contributed by atoms with Crippen LogP contribution in [-0.2, 0) is 0 Å². The van der Waals surface area contributed by atoms with Crippen molar-refractivity contribution >= 4 is 17.4 Å². The maximum atomic E-state index is 8.88. The summed E-state index contributed by atoms with van der Waals surface area (Å²) in [6.45, 7) is 2.36. The fraction of sp³-hybridized carbons (Fsp3) is 0.500. The summed E-state index contributed by atoms with van der Waals surface area (Å²) in [5.41, 5.74) is 1.34. The normalized spacial score (nSPS) is 15.9. The first kappa shape index (κ1) is 10.8. The van der Waals surface area contributed by atoms with Crippen molar-refractivity contribution in [3.8, 4) is 0 Å². The van der Waals surface area contributed by atoms with Crippen LogP contribution in [0.4, 0.5) is 5.69 Å². The van der Waals surface area contributed by atoms with E-state index in [9.17, 15) is 0 Å². The van der Waals surface area contributed by atoms with Gasteiger partial charge in [-0.15, -0.1) is 11.8 Å². The average Bonchev–Trinajstić information content (AvgIpc) is 2.49. The van der Waals surface area contributed by atoms with Crippen LogP contribution in [0, 0.1) is 0 Å². The molecule has 0 atom stereocenters. The van der Waals surface area contributed by atoms with Crippen LogP contribution < -0.4 is 4.90 Å². The molecular weight excluding hydrogens is 206 g/mol. The lowest BCUT2D eigenvalue weighted by Gasteiger charge is -2.24. The van der Waals surface area contributed by atoms with E-state index in [0.29, 0.717) is 0 Å². The van der Waals surface area contributed by atoms with E-state index in [2.05, 4.69) is 29.2 Å². The van der Waals surface area contributed by atoms with Crippen LogP contribution in [0.1, 0.15) is 12.8 Å². The van der Waals surface area contributed by atoms with Gasteiger partial charge in [-0.2, -0.15) is 0 Å². The molecule has 1 aromatic rings. The van der Waals surface area contributed by atoms with E-state index in [1.807, 2.05) is 11.8 Å². The Morgan fingerprint density at radius 3 is 3.07 bits per heavy atom. The highest BCUT2D eigenvalue weighted by atomic mass is 32.2. The van der Waals surface area contributed by atoms with E-state index >= 15 is 0 Å². The van der Waals surface area contributed by atoms with Crippen LogP contribution in [0.3, 0.4) is 0 Å². The summed E-state index contributed by atoms with van der Waals surface area (Å²) in [7, 11) is 0. The molecule has 2 nitrogen and oxygen atoms in total. The highest BCUT2D eigenvalue weighted by molar-refractivity contribution is 7.99. The average molecular weight is 223 g/mol. The van der Waals surface area contributed by atoms with Gasteiger partial charge in [0.15, 0.2) is 0 Å². The Morgan fingerprint density at radius 2 is 2.20 bits per heavy atom. The van der Waals surface area contributed by atoms with E-state index < -0.39 is 0 Å². The zero-order valence-corrected chi connectivity index (χ0v) is 9.67. The number of hydrogen-bond acceptors (Lipinski definition) is 3. The van der Waals surface area contributed by atoms with Gasteiger partial charge >= 0.3 is 0 Å². The third-order valence-corrected chi connectivity index (χ3v) is 3.77.